The van der Waals surface area contributed by atoms with Crippen molar-refractivity contribution in [3.8, 4) is 6.07 Å². The number of nitrogens with zero attached hydrogens (tertiary/aromatic N) is 1. The molecule has 0 spiro atoms. The van der Waals surface area contributed by atoms with Gasteiger partial charge in [0.25, 0.3) is 11.8 Å². The summed E-state index contributed by atoms with van der Waals surface area (Å²) in [5.74, 6) is -1.49. The van der Waals surface area contributed by atoms with Crippen LogP contribution in [0.2, 0.25) is 0 Å². The van der Waals surface area contributed by atoms with Crippen LogP contribution in [-0.4, -0.2) is 11.8 Å². The number of carbonyl (C=O) groups is 2. The predicted octanol–water partition coefficient (Wildman–Crippen LogP) is 1.67. The Morgan fingerprint density at radius 2 is 1.75 bits per heavy atom. The maximum absolute atomic E-state index is 12.7. The fraction of sp³-hybridized carbons (Fsp3) is 0.357. The average molecular weight is 275 g/mol. The van der Waals surface area contributed by atoms with Crippen molar-refractivity contribution in [2.75, 3.05) is 0 Å². The highest BCUT2D eigenvalue weighted by molar-refractivity contribution is 5.96. The summed E-state index contributed by atoms with van der Waals surface area (Å²) in [4.78, 5) is 23.7. The SMILES string of the molecule is N#CC1(C(=O)NNC(=O)c2ccc(F)cc2)CCCC1. The molecule has 6 heteroatoms. The molecule has 0 radical (unpaired) electrons. The Labute approximate surface area is 115 Å². The van der Waals surface area contributed by atoms with E-state index in [1.165, 1.54) is 12.1 Å². The zero-order valence-electron chi connectivity index (χ0n) is 10.8. The molecule has 5 nitrogen and oxygen atoms in total. The maximum Gasteiger partial charge on any atom is 0.269 e. The number of hydrazine groups is 1. The van der Waals surface area contributed by atoms with E-state index in [1.807, 2.05) is 6.07 Å². The third-order valence-corrected chi connectivity index (χ3v) is 3.50. The van der Waals surface area contributed by atoms with E-state index in [0.29, 0.717) is 12.8 Å². The number of hydrogen-bond acceptors (Lipinski definition) is 3. The quantitative estimate of drug-likeness (QED) is 0.805. The molecule has 2 N–H and O–H groups in total. The molecule has 0 saturated heterocycles. The molecule has 20 heavy (non-hydrogen) atoms. The van der Waals surface area contributed by atoms with Crippen LogP contribution in [0.25, 0.3) is 0 Å². The van der Waals surface area contributed by atoms with E-state index < -0.39 is 23.0 Å². The molecule has 1 aromatic rings. The van der Waals surface area contributed by atoms with Crippen molar-refractivity contribution in [1.82, 2.24) is 10.9 Å². The van der Waals surface area contributed by atoms with E-state index in [1.54, 1.807) is 0 Å². The number of carbonyl (C=O) groups excluding carboxylic acids is 2. The summed E-state index contributed by atoms with van der Waals surface area (Å²) >= 11 is 0. The number of halogens is 1. The molecule has 0 aromatic heterocycles. The van der Waals surface area contributed by atoms with Crippen molar-refractivity contribution in [1.29, 1.82) is 5.26 Å². The zero-order chi connectivity index (χ0) is 14.6. The molecule has 2 amide bonds. The van der Waals surface area contributed by atoms with Gasteiger partial charge in [0.2, 0.25) is 0 Å². The number of amides is 2. The van der Waals surface area contributed by atoms with Crippen molar-refractivity contribution < 1.29 is 14.0 Å². The van der Waals surface area contributed by atoms with Crippen molar-refractivity contribution in [3.05, 3.63) is 35.6 Å². The number of rotatable bonds is 2. The topological polar surface area (TPSA) is 82.0 Å². The second-order valence-electron chi connectivity index (χ2n) is 4.82. The fourth-order valence-corrected chi connectivity index (χ4v) is 2.27. The number of benzene rings is 1. The Bertz CT molecular complexity index is 557. The molecule has 1 aliphatic carbocycles. The Kier molecular flexibility index (Phi) is 3.99. The second kappa shape index (κ2) is 5.70. The van der Waals surface area contributed by atoms with E-state index in [9.17, 15) is 14.0 Å². The van der Waals surface area contributed by atoms with E-state index in [-0.39, 0.29) is 5.56 Å². The van der Waals surface area contributed by atoms with E-state index in [0.717, 1.165) is 25.0 Å². The van der Waals surface area contributed by atoms with Gasteiger partial charge in [0, 0.05) is 5.56 Å². The standard InChI is InChI=1S/C14H14FN3O2/c15-11-5-3-10(4-6-11)12(19)17-18-13(20)14(9-16)7-1-2-8-14/h3-6H,1-2,7-8H2,(H,17,19)(H,18,20). The summed E-state index contributed by atoms with van der Waals surface area (Å²) in [6.07, 6.45) is 2.66. The van der Waals surface area contributed by atoms with Gasteiger partial charge in [-0.05, 0) is 37.1 Å². The van der Waals surface area contributed by atoms with E-state index in [4.69, 9.17) is 5.26 Å². The monoisotopic (exact) mass is 275 g/mol. The summed E-state index contributed by atoms with van der Waals surface area (Å²) in [5, 5.41) is 9.13. The minimum atomic E-state index is -1.05. The van der Waals surface area contributed by atoms with Gasteiger partial charge in [-0.3, -0.25) is 20.4 Å². The van der Waals surface area contributed by atoms with Crippen LogP contribution in [0.15, 0.2) is 24.3 Å². The van der Waals surface area contributed by atoms with Crippen molar-refractivity contribution in [2.24, 2.45) is 5.41 Å². The molecular formula is C14H14FN3O2. The van der Waals surface area contributed by atoms with Crippen LogP contribution in [0.3, 0.4) is 0 Å². The Hall–Kier alpha value is -2.42. The molecule has 0 aliphatic heterocycles. The average Bonchev–Trinajstić information content (AvgIpc) is 2.95. The summed E-state index contributed by atoms with van der Waals surface area (Å²) < 4.78 is 12.7. The van der Waals surface area contributed by atoms with Gasteiger partial charge in [0.05, 0.1) is 6.07 Å². The van der Waals surface area contributed by atoms with Gasteiger partial charge in [-0.2, -0.15) is 5.26 Å². The summed E-state index contributed by atoms with van der Waals surface area (Å²) in [6, 6.07) is 6.97. The zero-order valence-corrected chi connectivity index (χ0v) is 10.8. The van der Waals surface area contributed by atoms with Gasteiger partial charge in [-0.15, -0.1) is 0 Å². The first-order valence-electron chi connectivity index (χ1n) is 6.35. The highest BCUT2D eigenvalue weighted by atomic mass is 19.1. The van der Waals surface area contributed by atoms with E-state index in [2.05, 4.69) is 10.9 Å². The van der Waals surface area contributed by atoms with Crippen LogP contribution in [0.5, 0.6) is 0 Å². The minimum absolute atomic E-state index is 0.226. The van der Waals surface area contributed by atoms with Gasteiger partial charge in [-0.25, -0.2) is 4.39 Å². The van der Waals surface area contributed by atoms with E-state index >= 15 is 0 Å². The lowest BCUT2D eigenvalue weighted by atomic mass is 9.87. The van der Waals surface area contributed by atoms with Crippen molar-refractivity contribution in [3.63, 3.8) is 0 Å². The Morgan fingerprint density at radius 3 is 2.30 bits per heavy atom. The molecule has 0 unspecified atom stereocenters. The third-order valence-electron chi connectivity index (χ3n) is 3.50. The highest BCUT2D eigenvalue weighted by Crippen LogP contribution is 2.37. The lowest BCUT2D eigenvalue weighted by Crippen LogP contribution is -2.48. The number of hydrogen-bond donors (Lipinski definition) is 2. The first-order chi connectivity index (χ1) is 9.57. The van der Waals surface area contributed by atoms with Crippen LogP contribution < -0.4 is 10.9 Å². The largest absolute Gasteiger partial charge is 0.271 e. The number of nitriles is 1. The Balaban J connectivity index is 1.95. The highest BCUT2D eigenvalue weighted by Gasteiger charge is 2.41. The molecule has 1 aromatic carbocycles. The van der Waals surface area contributed by atoms with Gasteiger partial charge in [-0.1, -0.05) is 12.8 Å². The molecule has 0 heterocycles. The van der Waals surface area contributed by atoms with Gasteiger partial charge in [0.15, 0.2) is 0 Å². The van der Waals surface area contributed by atoms with Crippen molar-refractivity contribution >= 4 is 11.8 Å². The normalized spacial score (nSPS) is 16.2. The van der Waals surface area contributed by atoms with Crippen molar-refractivity contribution in [2.45, 2.75) is 25.7 Å². The summed E-state index contributed by atoms with van der Waals surface area (Å²) in [6.45, 7) is 0. The third kappa shape index (κ3) is 2.77. The van der Waals surface area contributed by atoms with Crippen LogP contribution in [0.4, 0.5) is 4.39 Å². The summed E-state index contributed by atoms with van der Waals surface area (Å²) in [5.41, 5.74) is 3.70. The predicted molar refractivity (Wildman–Crippen MR) is 68.5 cm³/mol. The van der Waals surface area contributed by atoms with Crippen LogP contribution >= 0.6 is 0 Å². The molecule has 2 rings (SSSR count). The van der Waals surface area contributed by atoms with Gasteiger partial charge >= 0.3 is 0 Å². The van der Waals surface area contributed by atoms with Gasteiger partial charge in [0.1, 0.15) is 11.2 Å². The molecule has 0 atom stereocenters. The first kappa shape index (κ1) is 14.0. The first-order valence-corrected chi connectivity index (χ1v) is 6.35. The lowest BCUT2D eigenvalue weighted by molar-refractivity contribution is -0.128. The maximum atomic E-state index is 12.7. The molecule has 1 fully saturated rings. The Morgan fingerprint density at radius 1 is 1.15 bits per heavy atom. The minimum Gasteiger partial charge on any atom is -0.271 e. The van der Waals surface area contributed by atoms with Crippen LogP contribution in [-0.2, 0) is 4.79 Å². The fourth-order valence-electron chi connectivity index (χ4n) is 2.27. The molecule has 104 valence electrons. The molecular weight excluding hydrogens is 261 g/mol. The molecule has 1 saturated carbocycles. The smallest absolute Gasteiger partial charge is 0.269 e. The van der Waals surface area contributed by atoms with Crippen LogP contribution in [0.1, 0.15) is 36.0 Å². The molecule has 1 aliphatic rings. The van der Waals surface area contributed by atoms with Crippen LogP contribution in [0, 0.1) is 22.6 Å². The number of nitrogens with one attached hydrogen (secondary N) is 2. The summed E-state index contributed by atoms with van der Waals surface area (Å²) in [7, 11) is 0. The lowest BCUT2D eigenvalue weighted by Gasteiger charge is -2.19. The molecule has 0 bridgehead atoms. The van der Waals surface area contributed by atoms with Gasteiger partial charge < -0.3 is 0 Å². The second-order valence-corrected chi connectivity index (χ2v) is 4.82.